The summed E-state index contributed by atoms with van der Waals surface area (Å²) in [7, 11) is -4.36. The van der Waals surface area contributed by atoms with Crippen LogP contribution in [0.3, 0.4) is 0 Å². The van der Waals surface area contributed by atoms with Gasteiger partial charge in [-0.05, 0) is 51.4 Å². The molecule has 0 aromatic carbocycles. The second-order valence-electron chi connectivity index (χ2n) is 11.0. The summed E-state index contributed by atoms with van der Waals surface area (Å²) in [5.74, 6) is -0.856. The zero-order chi connectivity index (χ0) is 31.9. The molecule has 0 bridgehead atoms. The lowest BCUT2D eigenvalue weighted by molar-refractivity contribution is -0.161. The van der Waals surface area contributed by atoms with Crippen LogP contribution in [0, 0.1) is 0 Å². The molecular formula is C33H62NO8P. The van der Waals surface area contributed by atoms with Gasteiger partial charge in [0, 0.05) is 19.4 Å². The van der Waals surface area contributed by atoms with Crippen molar-refractivity contribution in [1.29, 1.82) is 0 Å². The lowest BCUT2D eigenvalue weighted by Crippen LogP contribution is -2.29. The van der Waals surface area contributed by atoms with Crippen molar-refractivity contribution in [3.8, 4) is 0 Å². The predicted octanol–water partition coefficient (Wildman–Crippen LogP) is 8.49. The zero-order valence-electron chi connectivity index (χ0n) is 27.2. The highest BCUT2D eigenvalue weighted by Crippen LogP contribution is 2.43. The summed E-state index contributed by atoms with van der Waals surface area (Å²) in [4.78, 5) is 34.5. The zero-order valence-corrected chi connectivity index (χ0v) is 28.1. The molecule has 0 aliphatic carbocycles. The standard InChI is InChI=1S/C33H62NO8P/c1-3-5-7-9-11-13-15-17-19-21-23-25-32(35)39-29-31(30-41-43(37,38)40-28-27-34)42-33(36)26-24-22-20-18-16-14-12-10-8-6-4-2/h9-12,31H,3-8,13-30,34H2,1-2H3,(H,37,38). The Morgan fingerprint density at radius 1 is 0.674 bits per heavy atom. The fourth-order valence-electron chi connectivity index (χ4n) is 4.24. The van der Waals surface area contributed by atoms with Crippen molar-refractivity contribution in [3.05, 3.63) is 24.3 Å². The molecule has 0 radical (unpaired) electrons. The Balaban J connectivity index is 4.32. The van der Waals surface area contributed by atoms with E-state index in [2.05, 4.69) is 38.2 Å². The fourth-order valence-corrected chi connectivity index (χ4v) is 5.01. The maximum Gasteiger partial charge on any atom is 0.472 e. The number of carbonyl (C=O) groups excluding carboxylic acids is 2. The van der Waals surface area contributed by atoms with Crippen LogP contribution in [-0.4, -0.2) is 49.3 Å². The van der Waals surface area contributed by atoms with E-state index in [0.29, 0.717) is 6.42 Å². The normalized spacial score (nSPS) is 13.9. The summed E-state index contributed by atoms with van der Waals surface area (Å²) in [6.07, 6.45) is 27.8. The summed E-state index contributed by atoms with van der Waals surface area (Å²) in [5.41, 5.74) is 5.31. The number of allylic oxidation sites excluding steroid dienone is 4. The molecule has 0 fully saturated rings. The average Bonchev–Trinajstić information content (AvgIpc) is 2.99. The van der Waals surface area contributed by atoms with E-state index in [1.54, 1.807) is 0 Å². The van der Waals surface area contributed by atoms with Gasteiger partial charge in [-0.2, -0.15) is 0 Å². The molecule has 0 heterocycles. The molecule has 43 heavy (non-hydrogen) atoms. The number of ether oxygens (including phenoxy) is 2. The van der Waals surface area contributed by atoms with E-state index >= 15 is 0 Å². The van der Waals surface area contributed by atoms with Crippen LogP contribution < -0.4 is 5.73 Å². The van der Waals surface area contributed by atoms with E-state index in [4.69, 9.17) is 24.3 Å². The third-order valence-electron chi connectivity index (χ3n) is 6.81. The first-order valence-corrected chi connectivity index (χ1v) is 18.3. The third-order valence-corrected chi connectivity index (χ3v) is 7.79. The quantitative estimate of drug-likeness (QED) is 0.0334. The Kier molecular flexibility index (Phi) is 29.4. The van der Waals surface area contributed by atoms with Gasteiger partial charge in [0.2, 0.25) is 0 Å². The molecule has 0 rings (SSSR count). The van der Waals surface area contributed by atoms with Crippen LogP contribution in [-0.2, 0) is 32.7 Å². The number of carbonyl (C=O) groups is 2. The lowest BCUT2D eigenvalue weighted by Gasteiger charge is -2.19. The first kappa shape index (κ1) is 41.5. The van der Waals surface area contributed by atoms with Crippen molar-refractivity contribution in [1.82, 2.24) is 0 Å². The minimum absolute atomic E-state index is 0.0513. The van der Waals surface area contributed by atoms with Gasteiger partial charge in [0.15, 0.2) is 6.10 Å². The molecule has 9 nitrogen and oxygen atoms in total. The van der Waals surface area contributed by atoms with Crippen LogP contribution in [0.4, 0.5) is 0 Å². The van der Waals surface area contributed by atoms with Gasteiger partial charge in [-0.3, -0.25) is 18.6 Å². The van der Waals surface area contributed by atoms with Crippen molar-refractivity contribution in [2.24, 2.45) is 5.73 Å². The molecule has 0 aliphatic rings. The second-order valence-corrected chi connectivity index (χ2v) is 12.5. The molecule has 10 heteroatoms. The Labute approximate surface area is 261 Å². The SMILES string of the molecule is CCCCC=CCCCCCCCC(=O)OCC(COP(=O)(O)OCCN)OC(=O)CCCCCCCC=CCCCC. The van der Waals surface area contributed by atoms with Crippen LogP contribution in [0.25, 0.3) is 0 Å². The molecule has 0 aromatic heterocycles. The fraction of sp³-hybridized carbons (Fsp3) is 0.818. The molecule has 0 spiro atoms. The summed E-state index contributed by atoms with van der Waals surface area (Å²) < 4.78 is 32.5. The summed E-state index contributed by atoms with van der Waals surface area (Å²) in [5, 5.41) is 0. The number of phosphoric acid groups is 1. The number of rotatable bonds is 31. The number of esters is 2. The first-order chi connectivity index (χ1) is 20.8. The lowest BCUT2D eigenvalue weighted by atomic mass is 10.1. The number of hydrogen-bond donors (Lipinski definition) is 2. The molecular weight excluding hydrogens is 569 g/mol. The molecule has 252 valence electrons. The van der Waals surface area contributed by atoms with Gasteiger partial charge in [-0.25, -0.2) is 4.57 Å². The Morgan fingerprint density at radius 3 is 1.65 bits per heavy atom. The highest BCUT2D eigenvalue weighted by atomic mass is 31.2. The molecule has 0 amide bonds. The van der Waals surface area contributed by atoms with E-state index in [0.717, 1.165) is 83.5 Å². The topological polar surface area (TPSA) is 134 Å². The van der Waals surface area contributed by atoms with Crippen LogP contribution in [0.2, 0.25) is 0 Å². The predicted molar refractivity (Wildman–Crippen MR) is 174 cm³/mol. The van der Waals surface area contributed by atoms with E-state index in [9.17, 15) is 19.0 Å². The summed E-state index contributed by atoms with van der Waals surface area (Å²) in [6, 6.07) is 0. The molecule has 0 saturated heterocycles. The Hall–Kier alpha value is -1.51. The molecule has 2 unspecified atom stereocenters. The van der Waals surface area contributed by atoms with Gasteiger partial charge in [0.25, 0.3) is 0 Å². The van der Waals surface area contributed by atoms with Gasteiger partial charge < -0.3 is 20.1 Å². The van der Waals surface area contributed by atoms with E-state index in [1.807, 2.05) is 0 Å². The van der Waals surface area contributed by atoms with Gasteiger partial charge in [0.05, 0.1) is 13.2 Å². The highest BCUT2D eigenvalue weighted by molar-refractivity contribution is 7.47. The second kappa shape index (κ2) is 30.5. The molecule has 0 aromatic rings. The summed E-state index contributed by atoms with van der Waals surface area (Å²) in [6.45, 7) is 3.60. The minimum atomic E-state index is -4.36. The number of unbranched alkanes of at least 4 members (excludes halogenated alkanes) is 14. The molecule has 0 saturated carbocycles. The van der Waals surface area contributed by atoms with E-state index in [1.165, 1.54) is 25.7 Å². The Morgan fingerprint density at radius 2 is 1.14 bits per heavy atom. The number of phosphoric ester groups is 1. The van der Waals surface area contributed by atoms with Crippen LogP contribution in [0.15, 0.2) is 24.3 Å². The van der Waals surface area contributed by atoms with Crippen LogP contribution in [0.5, 0.6) is 0 Å². The van der Waals surface area contributed by atoms with Crippen LogP contribution >= 0.6 is 7.82 Å². The Bertz CT molecular complexity index is 774. The number of nitrogens with two attached hydrogens (primary N) is 1. The molecule has 2 atom stereocenters. The van der Waals surface area contributed by atoms with Crippen LogP contribution in [0.1, 0.15) is 142 Å². The maximum absolute atomic E-state index is 12.4. The van der Waals surface area contributed by atoms with Crippen molar-refractivity contribution < 1.29 is 37.6 Å². The van der Waals surface area contributed by atoms with Crippen molar-refractivity contribution in [2.75, 3.05) is 26.4 Å². The van der Waals surface area contributed by atoms with E-state index in [-0.39, 0.29) is 32.6 Å². The monoisotopic (exact) mass is 631 g/mol. The van der Waals surface area contributed by atoms with Gasteiger partial charge in [-0.1, -0.05) is 102 Å². The first-order valence-electron chi connectivity index (χ1n) is 16.8. The largest absolute Gasteiger partial charge is 0.472 e. The highest BCUT2D eigenvalue weighted by Gasteiger charge is 2.25. The van der Waals surface area contributed by atoms with E-state index < -0.39 is 32.5 Å². The van der Waals surface area contributed by atoms with Gasteiger partial charge in [-0.15, -0.1) is 0 Å². The number of hydrogen-bond acceptors (Lipinski definition) is 8. The van der Waals surface area contributed by atoms with Crippen molar-refractivity contribution in [3.63, 3.8) is 0 Å². The minimum Gasteiger partial charge on any atom is -0.462 e. The smallest absolute Gasteiger partial charge is 0.462 e. The van der Waals surface area contributed by atoms with Crippen molar-refractivity contribution >= 4 is 19.8 Å². The third kappa shape index (κ3) is 30.3. The average molecular weight is 632 g/mol. The summed E-state index contributed by atoms with van der Waals surface area (Å²) >= 11 is 0. The van der Waals surface area contributed by atoms with Gasteiger partial charge in [0.1, 0.15) is 6.61 Å². The molecule has 3 N–H and O–H groups in total. The maximum atomic E-state index is 12.4. The van der Waals surface area contributed by atoms with Crippen molar-refractivity contribution in [2.45, 2.75) is 148 Å². The van der Waals surface area contributed by atoms with Gasteiger partial charge >= 0.3 is 19.8 Å². The molecule has 0 aliphatic heterocycles.